The first kappa shape index (κ1) is 15.9. The van der Waals surface area contributed by atoms with Gasteiger partial charge in [0.2, 0.25) is 10.0 Å². The third-order valence-electron chi connectivity index (χ3n) is 4.81. The summed E-state index contributed by atoms with van der Waals surface area (Å²) in [4.78, 5) is -0.285. The van der Waals surface area contributed by atoms with Gasteiger partial charge in [-0.05, 0) is 44.0 Å². The van der Waals surface area contributed by atoms with Gasteiger partial charge in [0.1, 0.15) is 10.7 Å². The van der Waals surface area contributed by atoms with Crippen LogP contribution in [0.1, 0.15) is 18.4 Å². The Bertz CT molecular complexity index is 679. The first-order valence-electron chi connectivity index (χ1n) is 7.52. The van der Waals surface area contributed by atoms with Crippen molar-refractivity contribution in [2.75, 3.05) is 26.2 Å². The molecule has 0 unspecified atom stereocenters. The lowest BCUT2D eigenvalue weighted by atomic mass is 9.77. The third-order valence-corrected chi connectivity index (χ3v) is 6.71. The number of rotatable bonds is 2. The predicted octanol–water partition coefficient (Wildman–Crippen LogP) is 0.869. The van der Waals surface area contributed by atoms with Crippen LogP contribution in [-0.2, 0) is 10.0 Å². The van der Waals surface area contributed by atoms with Gasteiger partial charge in [0.05, 0.1) is 5.60 Å². The molecule has 0 spiro atoms. The van der Waals surface area contributed by atoms with Crippen LogP contribution in [0.4, 0.5) is 4.39 Å². The highest BCUT2D eigenvalue weighted by atomic mass is 32.2. The van der Waals surface area contributed by atoms with Gasteiger partial charge >= 0.3 is 0 Å². The highest BCUT2D eigenvalue weighted by molar-refractivity contribution is 7.89. The fourth-order valence-electron chi connectivity index (χ4n) is 3.37. The monoisotopic (exact) mass is 328 g/mol. The lowest BCUT2D eigenvalue weighted by Gasteiger charge is -2.46. The maximum absolute atomic E-state index is 14.0. The number of benzene rings is 1. The van der Waals surface area contributed by atoms with E-state index < -0.39 is 21.4 Å². The molecular weight excluding hydrogens is 307 g/mol. The van der Waals surface area contributed by atoms with Gasteiger partial charge in [0, 0.05) is 25.6 Å². The van der Waals surface area contributed by atoms with E-state index in [0.717, 1.165) is 6.54 Å². The summed E-state index contributed by atoms with van der Waals surface area (Å²) >= 11 is 0. The molecule has 7 heteroatoms. The molecule has 1 aromatic rings. The molecule has 2 N–H and O–H groups in total. The van der Waals surface area contributed by atoms with Crippen molar-refractivity contribution < 1.29 is 17.9 Å². The van der Waals surface area contributed by atoms with E-state index in [9.17, 15) is 17.9 Å². The Morgan fingerprint density at radius 2 is 2.18 bits per heavy atom. The zero-order chi connectivity index (χ0) is 16.0. The number of aryl methyl sites for hydroxylation is 1. The first-order valence-corrected chi connectivity index (χ1v) is 8.96. The van der Waals surface area contributed by atoms with Gasteiger partial charge in [-0.3, -0.25) is 0 Å². The molecule has 0 bridgehead atoms. The van der Waals surface area contributed by atoms with E-state index in [1.165, 1.54) is 16.4 Å². The summed E-state index contributed by atoms with van der Waals surface area (Å²) in [5.41, 5.74) is -0.121. The predicted molar refractivity (Wildman–Crippen MR) is 80.4 cm³/mol. The second-order valence-corrected chi connectivity index (χ2v) is 8.21. The molecule has 0 amide bonds. The molecular formula is C15H21FN2O3S. The molecule has 0 saturated carbocycles. The van der Waals surface area contributed by atoms with Crippen LogP contribution in [0.2, 0.25) is 0 Å². The quantitative estimate of drug-likeness (QED) is 0.845. The van der Waals surface area contributed by atoms with E-state index in [0.29, 0.717) is 24.9 Å². The SMILES string of the molecule is Cc1ccc(S(=O)(=O)N2CC[C@@]3(O)CCNC[C@H]3C2)c(F)c1. The Kier molecular flexibility index (Phi) is 4.01. The lowest BCUT2D eigenvalue weighted by Crippen LogP contribution is -2.59. The average molecular weight is 328 g/mol. The third kappa shape index (κ3) is 2.67. The molecule has 5 nitrogen and oxygen atoms in total. The summed E-state index contributed by atoms with van der Waals surface area (Å²) in [5.74, 6) is -0.874. The van der Waals surface area contributed by atoms with Gasteiger partial charge in [0.25, 0.3) is 0 Å². The standard InChI is InChI=1S/C15H21FN2O3S/c1-11-2-3-14(13(16)8-11)22(20,21)18-7-5-15(19)4-6-17-9-12(15)10-18/h2-3,8,12,17,19H,4-7,9-10H2,1H3/t12-,15-/m0/s1. The Balaban J connectivity index is 1.87. The fraction of sp³-hybridized carbons (Fsp3) is 0.600. The summed E-state index contributed by atoms with van der Waals surface area (Å²) in [6.45, 7) is 3.49. The van der Waals surface area contributed by atoms with Crippen molar-refractivity contribution in [3.05, 3.63) is 29.6 Å². The molecule has 1 aromatic carbocycles. The van der Waals surface area contributed by atoms with Crippen LogP contribution in [0.25, 0.3) is 0 Å². The lowest BCUT2D eigenvalue weighted by molar-refractivity contribution is -0.0744. The topological polar surface area (TPSA) is 69.6 Å². The first-order chi connectivity index (χ1) is 10.3. The van der Waals surface area contributed by atoms with Gasteiger partial charge in [0.15, 0.2) is 0 Å². The minimum Gasteiger partial charge on any atom is -0.389 e. The molecule has 22 heavy (non-hydrogen) atoms. The average Bonchev–Trinajstić information content (AvgIpc) is 2.45. The van der Waals surface area contributed by atoms with E-state index in [1.54, 1.807) is 13.0 Å². The number of piperidine rings is 2. The number of halogens is 1. The van der Waals surface area contributed by atoms with Crippen LogP contribution in [0.15, 0.2) is 23.1 Å². The molecule has 3 rings (SSSR count). The second kappa shape index (κ2) is 5.56. The Hall–Kier alpha value is -1.02. The van der Waals surface area contributed by atoms with Crippen molar-refractivity contribution in [3.63, 3.8) is 0 Å². The Morgan fingerprint density at radius 3 is 2.91 bits per heavy atom. The van der Waals surface area contributed by atoms with Crippen LogP contribution in [0.5, 0.6) is 0 Å². The molecule has 2 atom stereocenters. The van der Waals surface area contributed by atoms with E-state index >= 15 is 0 Å². The second-order valence-electron chi connectivity index (χ2n) is 6.30. The minimum atomic E-state index is -3.87. The maximum Gasteiger partial charge on any atom is 0.245 e. The van der Waals surface area contributed by atoms with Crippen LogP contribution < -0.4 is 5.32 Å². The van der Waals surface area contributed by atoms with Crippen LogP contribution >= 0.6 is 0 Å². The van der Waals surface area contributed by atoms with Gasteiger partial charge in [-0.2, -0.15) is 4.31 Å². The van der Waals surface area contributed by atoms with E-state index in [4.69, 9.17) is 0 Å². The number of fused-ring (bicyclic) bond motifs is 1. The summed E-state index contributed by atoms with van der Waals surface area (Å²) in [6, 6.07) is 4.15. The van der Waals surface area contributed by atoms with Crippen LogP contribution in [-0.4, -0.2) is 49.6 Å². The van der Waals surface area contributed by atoms with Crippen molar-refractivity contribution >= 4 is 10.0 Å². The molecule has 2 aliphatic rings. The van der Waals surface area contributed by atoms with Crippen LogP contribution in [0.3, 0.4) is 0 Å². The van der Waals surface area contributed by atoms with Crippen LogP contribution in [0, 0.1) is 18.7 Å². The van der Waals surface area contributed by atoms with Gasteiger partial charge in [-0.1, -0.05) is 6.07 Å². The van der Waals surface area contributed by atoms with Gasteiger partial charge in [-0.15, -0.1) is 0 Å². The Labute approximate surface area is 130 Å². The molecule has 0 aromatic heterocycles. The minimum absolute atomic E-state index is 0.154. The van der Waals surface area contributed by atoms with Crippen molar-refractivity contribution in [1.29, 1.82) is 0 Å². The number of sulfonamides is 1. The zero-order valence-corrected chi connectivity index (χ0v) is 13.4. The van der Waals surface area contributed by atoms with Crippen molar-refractivity contribution in [2.45, 2.75) is 30.3 Å². The maximum atomic E-state index is 14.0. The largest absolute Gasteiger partial charge is 0.389 e. The number of aliphatic hydroxyl groups is 1. The zero-order valence-electron chi connectivity index (χ0n) is 12.5. The normalized spacial score (nSPS) is 30.0. The smallest absolute Gasteiger partial charge is 0.245 e. The molecule has 2 saturated heterocycles. The number of nitrogens with zero attached hydrogens (tertiary/aromatic N) is 1. The number of hydrogen-bond donors (Lipinski definition) is 2. The van der Waals surface area contributed by atoms with Crippen molar-refractivity contribution in [1.82, 2.24) is 9.62 Å². The Morgan fingerprint density at radius 1 is 1.41 bits per heavy atom. The summed E-state index contributed by atoms with van der Waals surface area (Å²) < 4.78 is 40.7. The van der Waals surface area contributed by atoms with E-state index in [1.807, 2.05) is 0 Å². The number of nitrogens with one attached hydrogen (secondary N) is 1. The molecule has 0 aliphatic carbocycles. The van der Waals surface area contributed by atoms with Gasteiger partial charge in [-0.25, -0.2) is 12.8 Å². The highest BCUT2D eigenvalue weighted by Gasteiger charge is 2.46. The molecule has 2 heterocycles. The summed E-state index contributed by atoms with van der Waals surface area (Å²) in [6.07, 6.45) is 1.02. The molecule has 0 radical (unpaired) electrons. The van der Waals surface area contributed by atoms with Crippen molar-refractivity contribution in [3.8, 4) is 0 Å². The van der Waals surface area contributed by atoms with Crippen molar-refractivity contribution in [2.24, 2.45) is 5.92 Å². The number of hydrogen-bond acceptors (Lipinski definition) is 4. The summed E-state index contributed by atoms with van der Waals surface area (Å²) in [5, 5.41) is 13.8. The van der Waals surface area contributed by atoms with E-state index in [2.05, 4.69) is 5.32 Å². The molecule has 2 aliphatic heterocycles. The molecule has 122 valence electrons. The molecule has 2 fully saturated rings. The van der Waals surface area contributed by atoms with Gasteiger partial charge < -0.3 is 10.4 Å². The summed E-state index contributed by atoms with van der Waals surface area (Å²) in [7, 11) is -3.87. The fourth-order valence-corrected chi connectivity index (χ4v) is 4.90. The van der Waals surface area contributed by atoms with E-state index in [-0.39, 0.29) is 23.9 Å². The highest BCUT2D eigenvalue weighted by Crippen LogP contribution is 2.35.